The van der Waals surface area contributed by atoms with Crippen LogP contribution in [-0.2, 0) is 17.8 Å². The number of carbonyl (C=O) groups excluding carboxylic acids is 1. The molecule has 25 heavy (non-hydrogen) atoms. The second-order valence-corrected chi connectivity index (χ2v) is 6.58. The Morgan fingerprint density at radius 2 is 2.00 bits per heavy atom. The van der Waals surface area contributed by atoms with Crippen molar-refractivity contribution < 1.29 is 23.0 Å². The average molecular weight is 461 g/mol. The van der Waals surface area contributed by atoms with Gasteiger partial charge >= 0.3 is 12.7 Å². The molecule has 0 heterocycles. The third-order valence-electron chi connectivity index (χ3n) is 3.53. The van der Waals surface area contributed by atoms with E-state index in [1.807, 2.05) is 25.1 Å². The molecule has 0 fully saturated rings. The average Bonchev–Trinajstić information content (AvgIpc) is 2.55. The van der Waals surface area contributed by atoms with Crippen molar-refractivity contribution >= 4 is 34.4 Å². The zero-order chi connectivity index (χ0) is 18.4. The van der Waals surface area contributed by atoms with E-state index in [2.05, 4.69) is 45.6 Å². The molecule has 0 spiro atoms. The molecule has 0 bridgehead atoms. The van der Waals surface area contributed by atoms with Crippen LogP contribution >= 0.6 is 22.6 Å². The highest BCUT2D eigenvalue weighted by Gasteiger charge is 2.13. The van der Waals surface area contributed by atoms with E-state index in [4.69, 9.17) is 4.74 Å². The van der Waals surface area contributed by atoms with Gasteiger partial charge in [0.15, 0.2) is 0 Å². The van der Waals surface area contributed by atoms with Crippen molar-refractivity contribution in [3.8, 4) is 5.75 Å². The predicted octanol–water partition coefficient (Wildman–Crippen LogP) is 5.51. The highest BCUT2D eigenvalue weighted by molar-refractivity contribution is 14.1. The lowest BCUT2D eigenvalue weighted by molar-refractivity contribution is -0.0766. The van der Waals surface area contributed by atoms with Crippen LogP contribution in [0.3, 0.4) is 0 Å². The summed E-state index contributed by atoms with van der Waals surface area (Å²) in [6, 6.07) is 11.2. The van der Waals surface area contributed by atoms with E-state index >= 15 is 0 Å². The van der Waals surface area contributed by atoms with Crippen LogP contribution in [-0.4, -0.2) is 12.7 Å². The first-order valence-electron chi connectivity index (χ1n) is 7.65. The Balaban J connectivity index is 2.13. The molecule has 7 heteroatoms. The van der Waals surface area contributed by atoms with E-state index in [0.29, 0.717) is 11.3 Å². The molecule has 0 aliphatic carbocycles. The van der Waals surface area contributed by atoms with Crippen LogP contribution in [0.2, 0.25) is 0 Å². The van der Waals surface area contributed by atoms with E-state index < -0.39 is 12.7 Å². The van der Waals surface area contributed by atoms with Gasteiger partial charge in [0, 0.05) is 9.13 Å². The van der Waals surface area contributed by atoms with Gasteiger partial charge in [-0.15, -0.1) is 0 Å². The van der Waals surface area contributed by atoms with Gasteiger partial charge in [-0.1, -0.05) is 19.1 Å². The first kappa shape index (κ1) is 19.4. The maximum Gasteiger partial charge on any atom is 0.416 e. The lowest BCUT2D eigenvalue weighted by atomic mass is 10.1. The van der Waals surface area contributed by atoms with Crippen molar-refractivity contribution in [2.75, 3.05) is 5.32 Å². The summed E-state index contributed by atoms with van der Waals surface area (Å²) in [7, 11) is 0. The normalized spacial score (nSPS) is 10.6. The quantitative estimate of drug-likeness (QED) is 0.578. The number of nitrogens with one attached hydrogen (secondary N) is 1. The number of benzene rings is 2. The summed E-state index contributed by atoms with van der Waals surface area (Å²) in [4.78, 5) is 11.4. The van der Waals surface area contributed by atoms with Crippen molar-refractivity contribution in [3.05, 3.63) is 56.7 Å². The molecule has 0 aliphatic heterocycles. The molecule has 0 radical (unpaired) electrons. The topological polar surface area (TPSA) is 47.6 Å². The van der Waals surface area contributed by atoms with Crippen LogP contribution in [0.5, 0.6) is 5.75 Å². The largest absolute Gasteiger partial charge is 0.489 e. The maximum atomic E-state index is 12.1. The number of rotatable bonds is 6. The monoisotopic (exact) mass is 461 g/mol. The number of alkyl halides is 2. The zero-order valence-electron chi connectivity index (χ0n) is 13.8. The summed E-state index contributed by atoms with van der Waals surface area (Å²) in [6.45, 7) is 1.07. The molecule has 2 rings (SSSR count). The van der Waals surface area contributed by atoms with Gasteiger partial charge in [-0.2, -0.15) is 8.78 Å². The first-order valence-corrected chi connectivity index (χ1v) is 8.73. The highest BCUT2D eigenvalue weighted by atomic mass is 127. The van der Waals surface area contributed by atoms with Crippen LogP contribution < -0.4 is 10.1 Å². The molecular weight excluding hydrogens is 443 g/mol. The number of aryl methyl sites for hydroxylation is 2. The molecule has 0 aliphatic rings. The van der Waals surface area contributed by atoms with Gasteiger partial charge in [-0.25, -0.2) is 4.79 Å². The molecule has 0 unspecified atom stereocenters. The summed E-state index contributed by atoms with van der Waals surface area (Å²) in [5, 5.41) is 2.31. The Morgan fingerprint density at radius 3 is 2.64 bits per heavy atom. The minimum atomic E-state index is -3.16. The Bertz CT molecular complexity index is 753. The molecule has 4 nitrogen and oxygen atoms in total. The standard InChI is InChI=1S/C18H18F2INO3/c1-3-12-4-7-16(11(2)8-12)24-10-13-9-14(21)5-6-15(13)22-18(23)25-17(19)20/h4-9,17H,3,10H2,1-2H3,(H,22,23). The smallest absolute Gasteiger partial charge is 0.416 e. The fourth-order valence-electron chi connectivity index (χ4n) is 2.27. The second-order valence-electron chi connectivity index (χ2n) is 5.33. The molecule has 1 N–H and O–H groups in total. The minimum Gasteiger partial charge on any atom is -0.489 e. The molecule has 0 saturated heterocycles. The Hall–Kier alpha value is -1.90. The van der Waals surface area contributed by atoms with Gasteiger partial charge in [0.25, 0.3) is 0 Å². The van der Waals surface area contributed by atoms with Crippen LogP contribution in [0, 0.1) is 10.5 Å². The summed E-state index contributed by atoms with van der Waals surface area (Å²) >= 11 is 2.13. The lowest BCUT2D eigenvalue weighted by Crippen LogP contribution is -2.18. The van der Waals surface area contributed by atoms with Gasteiger partial charge in [-0.3, -0.25) is 5.32 Å². The number of carbonyl (C=O) groups is 1. The number of hydrogen-bond donors (Lipinski definition) is 1. The summed E-state index contributed by atoms with van der Waals surface area (Å²) in [5.74, 6) is 0.733. The van der Waals surface area contributed by atoms with Gasteiger partial charge in [0.05, 0.1) is 5.69 Å². The molecule has 2 aromatic rings. The number of amides is 1. The maximum absolute atomic E-state index is 12.1. The number of ether oxygens (including phenoxy) is 2. The fraction of sp³-hybridized carbons (Fsp3) is 0.278. The zero-order valence-corrected chi connectivity index (χ0v) is 16.0. The van der Waals surface area contributed by atoms with Gasteiger partial charge in [0.1, 0.15) is 12.4 Å². The SMILES string of the molecule is CCc1ccc(OCc2cc(I)ccc2NC(=O)OC(F)F)c(C)c1. The predicted molar refractivity (Wildman–Crippen MR) is 100 cm³/mol. The van der Waals surface area contributed by atoms with Crippen LogP contribution in [0.25, 0.3) is 0 Å². The van der Waals surface area contributed by atoms with Gasteiger partial charge < -0.3 is 9.47 Å². The van der Waals surface area contributed by atoms with E-state index in [1.54, 1.807) is 12.1 Å². The van der Waals surface area contributed by atoms with Crippen LogP contribution in [0.1, 0.15) is 23.6 Å². The van der Waals surface area contributed by atoms with Crippen molar-refractivity contribution in [2.45, 2.75) is 33.5 Å². The molecule has 1 amide bonds. The third kappa shape index (κ3) is 5.84. The summed E-state index contributed by atoms with van der Waals surface area (Å²) in [6.07, 6.45) is -0.265. The highest BCUT2D eigenvalue weighted by Crippen LogP contribution is 2.24. The van der Waals surface area contributed by atoms with Crippen LogP contribution in [0.15, 0.2) is 36.4 Å². The number of halogens is 3. The number of anilines is 1. The molecule has 0 atom stereocenters. The summed E-state index contributed by atoms with van der Waals surface area (Å²) < 4.78 is 34.8. The van der Waals surface area contributed by atoms with Gasteiger partial charge in [0.2, 0.25) is 0 Å². The molecular formula is C18H18F2INO3. The van der Waals surface area contributed by atoms with Crippen molar-refractivity contribution in [3.63, 3.8) is 0 Å². The van der Waals surface area contributed by atoms with Crippen molar-refractivity contribution in [2.24, 2.45) is 0 Å². The second kappa shape index (κ2) is 8.98. The van der Waals surface area contributed by atoms with Crippen molar-refractivity contribution in [1.82, 2.24) is 0 Å². The number of hydrogen-bond acceptors (Lipinski definition) is 3. The third-order valence-corrected chi connectivity index (χ3v) is 4.20. The summed E-state index contributed by atoms with van der Waals surface area (Å²) in [5.41, 5.74) is 3.26. The lowest BCUT2D eigenvalue weighted by Gasteiger charge is -2.14. The first-order chi connectivity index (χ1) is 11.9. The molecule has 134 valence electrons. The van der Waals surface area contributed by atoms with E-state index in [1.165, 1.54) is 5.56 Å². The van der Waals surface area contributed by atoms with E-state index in [0.717, 1.165) is 21.3 Å². The fourth-order valence-corrected chi connectivity index (χ4v) is 2.83. The van der Waals surface area contributed by atoms with E-state index in [-0.39, 0.29) is 6.61 Å². The van der Waals surface area contributed by atoms with Gasteiger partial charge in [-0.05, 0) is 71.3 Å². The Kier molecular flexibility index (Phi) is 6.98. The van der Waals surface area contributed by atoms with Crippen LogP contribution in [0.4, 0.5) is 19.3 Å². The minimum absolute atomic E-state index is 0.188. The molecule has 0 saturated carbocycles. The Labute approximate surface area is 158 Å². The Morgan fingerprint density at radius 1 is 1.24 bits per heavy atom. The molecule has 2 aromatic carbocycles. The van der Waals surface area contributed by atoms with E-state index in [9.17, 15) is 13.6 Å². The van der Waals surface area contributed by atoms with Crippen molar-refractivity contribution in [1.29, 1.82) is 0 Å². The molecule has 0 aromatic heterocycles.